The van der Waals surface area contributed by atoms with E-state index in [2.05, 4.69) is 34.3 Å². The normalized spacial score (nSPS) is 10.8. The van der Waals surface area contributed by atoms with Crippen LogP contribution >= 0.6 is 11.6 Å². The quantitative estimate of drug-likeness (QED) is 0.570. The Morgan fingerprint density at radius 1 is 1.28 bits per heavy atom. The molecule has 2 rings (SSSR count). The molecule has 0 unspecified atom stereocenters. The van der Waals surface area contributed by atoms with Gasteiger partial charge >= 0.3 is 0 Å². The molecule has 2 aromatic rings. The Bertz CT molecular complexity index is 713. The van der Waals surface area contributed by atoms with Crippen molar-refractivity contribution in [2.45, 2.75) is 26.7 Å². The largest absolute Gasteiger partial charge is 0.372 e. The highest BCUT2D eigenvalue weighted by atomic mass is 35.5. The van der Waals surface area contributed by atoms with Gasteiger partial charge < -0.3 is 4.90 Å². The molecule has 1 aromatic heterocycles. The fourth-order valence-corrected chi connectivity index (χ4v) is 2.67. The predicted octanol–water partition coefficient (Wildman–Crippen LogP) is 4.13. The number of pyridine rings is 1. The summed E-state index contributed by atoms with van der Waals surface area (Å²) in [5.41, 5.74) is 4.79. The van der Waals surface area contributed by atoms with Gasteiger partial charge in [0.2, 0.25) is 0 Å². The number of benzene rings is 1. The lowest BCUT2D eigenvalue weighted by molar-refractivity contribution is 0.0955. The Morgan fingerprint density at radius 2 is 2.04 bits per heavy atom. The summed E-state index contributed by atoms with van der Waals surface area (Å²) < 4.78 is 0. The number of aromatic nitrogens is 1. The maximum Gasteiger partial charge on any atom is 0.272 e. The van der Waals surface area contributed by atoms with Crippen LogP contribution in [-0.4, -0.2) is 30.2 Å². The Labute approximate surface area is 153 Å². The van der Waals surface area contributed by atoms with Gasteiger partial charge in [0.1, 0.15) is 0 Å². The number of amides is 1. The van der Waals surface area contributed by atoms with Gasteiger partial charge in [-0.15, -0.1) is 0 Å². The topological polar surface area (TPSA) is 57.6 Å². The molecule has 25 heavy (non-hydrogen) atoms. The first kappa shape index (κ1) is 18.9. The van der Waals surface area contributed by atoms with Gasteiger partial charge in [-0.05, 0) is 43.2 Å². The van der Waals surface area contributed by atoms with E-state index in [-0.39, 0.29) is 5.91 Å². The zero-order chi connectivity index (χ0) is 18.1. The molecule has 0 aliphatic rings. The van der Waals surface area contributed by atoms with E-state index in [1.54, 1.807) is 24.5 Å². The molecule has 5 nitrogen and oxygen atoms in total. The zero-order valence-corrected chi connectivity index (χ0v) is 15.3. The van der Waals surface area contributed by atoms with Gasteiger partial charge in [0.05, 0.1) is 16.8 Å². The summed E-state index contributed by atoms with van der Waals surface area (Å²) >= 11 is 6.37. The number of nitrogens with zero attached hydrogens (tertiary/aromatic N) is 3. The molecule has 0 saturated heterocycles. The SMILES string of the molecule is CCCN(CCC)c1ccc(/C=N/NC(=O)c2cccnc2)c(Cl)c1. The Hall–Kier alpha value is -2.40. The van der Waals surface area contributed by atoms with E-state index in [9.17, 15) is 4.79 Å². The Morgan fingerprint density at radius 3 is 2.64 bits per heavy atom. The van der Waals surface area contributed by atoms with Crippen LogP contribution in [0.1, 0.15) is 42.6 Å². The fourth-order valence-electron chi connectivity index (χ4n) is 2.45. The Kier molecular flexibility index (Phi) is 7.41. The van der Waals surface area contributed by atoms with Crippen molar-refractivity contribution < 1.29 is 4.79 Å². The van der Waals surface area contributed by atoms with E-state index < -0.39 is 0 Å². The lowest BCUT2D eigenvalue weighted by atomic mass is 10.2. The number of nitrogens with one attached hydrogen (secondary N) is 1. The molecule has 132 valence electrons. The number of anilines is 1. The monoisotopic (exact) mass is 358 g/mol. The van der Waals surface area contributed by atoms with Crippen LogP contribution in [-0.2, 0) is 0 Å². The molecule has 0 atom stereocenters. The second kappa shape index (κ2) is 9.79. The van der Waals surface area contributed by atoms with Crippen LogP contribution in [0.5, 0.6) is 0 Å². The van der Waals surface area contributed by atoms with Gasteiger partial charge in [0, 0.05) is 36.7 Å². The molecule has 6 heteroatoms. The zero-order valence-electron chi connectivity index (χ0n) is 14.6. The minimum absolute atomic E-state index is 0.311. The Balaban J connectivity index is 2.04. The predicted molar refractivity (Wildman–Crippen MR) is 104 cm³/mol. The van der Waals surface area contributed by atoms with Gasteiger partial charge in [0.15, 0.2) is 0 Å². The van der Waals surface area contributed by atoms with E-state index in [0.29, 0.717) is 10.6 Å². The van der Waals surface area contributed by atoms with E-state index >= 15 is 0 Å². The molecule has 0 bridgehead atoms. The van der Waals surface area contributed by atoms with Crippen molar-refractivity contribution in [1.82, 2.24) is 10.4 Å². The second-order valence-electron chi connectivity index (χ2n) is 5.63. The second-order valence-corrected chi connectivity index (χ2v) is 6.04. The summed E-state index contributed by atoms with van der Waals surface area (Å²) in [6, 6.07) is 9.26. The van der Waals surface area contributed by atoms with Gasteiger partial charge in [-0.1, -0.05) is 25.4 Å². The van der Waals surface area contributed by atoms with Gasteiger partial charge in [-0.2, -0.15) is 5.10 Å². The van der Waals surface area contributed by atoms with E-state index in [4.69, 9.17) is 11.6 Å². The number of hydrazone groups is 1. The molecule has 0 aliphatic carbocycles. The van der Waals surface area contributed by atoms with Crippen molar-refractivity contribution in [2.24, 2.45) is 5.10 Å². The first-order valence-electron chi connectivity index (χ1n) is 8.43. The molecule has 0 saturated carbocycles. The van der Waals surface area contributed by atoms with E-state index in [0.717, 1.165) is 37.2 Å². The molecule has 1 aromatic carbocycles. The third-order valence-electron chi connectivity index (χ3n) is 3.63. The third kappa shape index (κ3) is 5.57. The summed E-state index contributed by atoms with van der Waals surface area (Å²) in [4.78, 5) is 18.1. The highest BCUT2D eigenvalue weighted by Crippen LogP contribution is 2.23. The standard InChI is InChI=1S/C19H23ClN4O/c1-3-10-24(11-4-2)17-8-7-15(18(20)12-17)14-22-23-19(25)16-6-5-9-21-13-16/h5-9,12-14H,3-4,10-11H2,1-2H3,(H,23,25)/b22-14+. The van der Waals surface area contributed by atoms with Crippen molar-refractivity contribution in [3.63, 3.8) is 0 Å². The van der Waals surface area contributed by atoms with Crippen molar-refractivity contribution in [2.75, 3.05) is 18.0 Å². The lowest BCUT2D eigenvalue weighted by Crippen LogP contribution is -2.24. The fraction of sp³-hybridized carbons (Fsp3) is 0.316. The van der Waals surface area contributed by atoms with Crippen molar-refractivity contribution in [3.05, 3.63) is 58.9 Å². The summed E-state index contributed by atoms with van der Waals surface area (Å²) in [5, 5.41) is 4.58. The third-order valence-corrected chi connectivity index (χ3v) is 3.96. The number of rotatable bonds is 8. The first-order chi connectivity index (χ1) is 12.2. The molecule has 1 N–H and O–H groups in total. The average Bonchev–Trinajstić information content (AvgIpc) is 2.63. The summed E-state index contributed by atoms with van der Waals surface area (Å²) in [7, 11) is 0. The van der Waals surface area contributed by atoms with Crippen LogP contribution in [0.3, 0.4) is 0 Å². The van der Waals surface area contributed by atoms with Crippen LogP contribution in [0.15, 0.2) is 47.8 Å². The van der Waals surface area contributed by atoms with Crippen LogP contribution in [0.25, 0.3) is 0 Å². The molecule has 1 amide bonds. The minimum atomic E-state index is -0.311. The molecule has 0 radical (unpaired) electrons. The molecule has 1 heterocycles. The number of hydrogen-bond donors (Lipinski definition) is 1. The van der Waals surface area contributed by atoms with Crippen LogP contribution in [0, 0.1) is 0 Å². The van der Waals surface area contributed by atoms with E-state index in [1.807, 2.05) is 18.2 Å². The number of carbonyl (C=O) groups excluding carboxylic acids is 1. The highest BCUT2D eigenvalue weighted by Gasteiger charge is 2.07. The van der Waals surface area contributed by atoms with Crippen LogP contribution in [0.4, 0.5) is 5.69 Å². The van der Waals surface area contributed by atoms with Gasteiger partial charge in [0.25, 0.3) is 5.91 Å². The number of carbonyl (C=O) groups is 1. The number of hydrogen-bond acceptors (Lipinski definition) is 4. The molecule has 0 aliphatic heterocycles. The smallest absolute Gasteiger partial charge is 0.272 e. The van der Waals surface area contributed by atoms with Crippen molar-refractivity contribution in [1.29, 1.82) is 0 Å². The summed E-state index contributed by atoms with van der Waals surface area (Å²) in [5.74, 6) is -0.311. The van der Waals surface area contributed by atoms with Crippen LogP contribution in [0.2, 0.25) is 5.02 Å². The van der Waals surface area contributed by atoms with Crippen LogP contribution < -0.4 is 10.3 Å². The molecular weight excluding hydrogens is 336 g/mol. The van der Waals surface area contributed by atoms with Crippen molar-refractivity contribution in [3.8, 4) is 0 Å². The van der Waals surface area contributed by atoms with Crippen molar-refractivity contribution >= 4 is 29.4 Å². The van der Waals surface area contributed by atoms with Gasteiger partial charge in [-0.3, -0.25) is 9.78 Å². The van der Waals surface area contributed by atoms with Gasteiger partial charge in [-0.25, -0.2) is 5.43 Å². The maximum atomic E-state index is 11.9. The van der Waals surface area contributed by atoms with E-state index in [1.165, 1.54) is 6.20 Å². The average molecular weight is 359 g/mol. The lowest BCUT2D eigenvalue weighted by Gasteiger charge is -2.24. The molecular formula is C19H23ClN4O. The summed E-state index contributed by atoms with van der Waals surface area (Å²) in [6.07, 6.45) is 6.82. The maximum absolute atomic E-state index is 11.9. The highest BCUT2D eigenvalue weighted by molar-refractivity contribution is 6.33. The summed E-state index contributed by atoms with van der Waals surface area (Å²) in [6.45, 7) is 6.32. The number of halogens is 1. The first-order valence-corrected chi connectivity index (χ1v) is 8.81. The molecule has 0 spiro atoms. The molecule has 0 fully saturated rings. The minimum Gasteiger partial charge on any atom is -0.372 e.